The normalized spacial score (nSPS) is 10.8. The molecule has 0 aliphatic rings. The predicted octanol–water partition coefficient (Wildman–Crippen LogP) is 5.22. The van der Waals surface area contributed by atoms with E-state index in [0.29, 0.717) is 41.3 Å². The Balaban J connectivity index is 2.01. The summed E-state index contributed by atoms with van der Waals surface area (Å²) in [5.74, 6) is 1.17. The molecule has 0 amide bonds. The van der Waals surface area contributed by atoms with Crippen LogP contribution in [0.1, 0.15) is 37.3 Å². The van der Waals surface area contributed by atoms with Gasteiger partial charge in [0.25, 0.3) is 0 Å². The smallest absolute Gasteiger partial charge is 0.180 e. The molecule has 0 spiro atoms. The maximum absolute atomic E-state index is 8.80. The molecule has 2 N–H and O–H groups in total. The second-order valence-electron chi connectivity index (χ2n) is 6.18. The van der Waals surface area contributed by atoms with Crippen molar-refractivity contribution in [3.63, 3.8) is 0 Å². The predicted molar refractivity (Wildman–Crippen MR) is 111 cm³/mol. The fourth-order valence-corrected chi connectivity index (χ4v) is 3.14. The van der Waals surface area contributed by atoms with E-state index in [1.54, 1.807) is 0 Å². The largest absolute Gasteiger partial charge is 0.490 e. The molecule has 0 fully saturated rings. The minimum Gasteiger partial charge on any atom is -0.490 e. The number of unbranched alkanes of at least 4 members (excludes halogenated alkanes) is 2. The van der Waals surface area contributed by atoms with E-state index in [2.05, 4.69) is 5.32 Å². The zero-order valence-corrected chi connectivity index (χ0v) is 17.2. The third-order valence-electron chi connectivity index (χ3n) is 4.04. The SMILES string of the molecule is CCOc1cc(CNCCCCCO)cc(Cl)c1OCc1ccccc1Cl. The van der Waals surface area contributed by atoms with Crippen molar-refractivity contribution in [2.45, 2.75) is 39.3 Å². The van der Waals surface area contributed by atoms with Gasteiger partial charge in [-0.1, -0.05) is 41.4 Å². The highest BCUT2D eigenvalue weighted by Crippen LogP contribution is 2.37. The molecule has 2 aromatic rings. The number of nitrogens with one attached hydrogen (secondary N) is 1. The quantitative estimate of drug-likeness (QED) is 0.469. The maximum atomic E-state index is 8.80. The summed E-state index contributed by atoms with van der Waals surface area (Å²) in [6.45, 7) is 4.62. The highest BCUT2D eigenvalue weighted by Gasteiger charge is 2.13. The van der Waals surface area contributed by atoms with Crippen molar-refractivity contribution in [2.24, 2.45) is 0 Å². The standard InChI is InChI=1S/C21H27Cl2NO3/c1-2-26-20-13-16(14-24-10-6-3-7-11-25)12-19(23)21(20)27-15-17-8-4-5-9-18(17)22/h4-5,8-9,12-13,24-25H,2-3,6-7,10-11,14-15H2,1H3. The van der Waals surface area contributed by atoms with E-state index in [1.165, 1.54) is 0 Å². The van der Waals surface area contributed by atoms with Crippen LogP contribution in [0.25, 0.3) is 0 Å². The number of aliphatic hydroxyl groups excluding tert-OH is 1. The van der Waals surface area contributed by atoms with Crippen LogP contribution >= 0.6 is 23.2 Å². The first-order valence-electron chi connectivity index (χ1n) is 9.28. The number of hydrogen-bond donors (Lipinski definition) is 2. The van der Waals surface area contributed by atoms with Crippen LogP contribution < -0.4 is 14.8 Å². The third kappa shape index (κ3) is 7.23. The molecule has 4 nitrogen and oxygen atoms in total. The summed E-state index contributed by atoms with van der Waals surface area (Å²) in [5.41, 5.74) is 1.93. The summed E-state index contributed by atoms with van der Waals surface area (Å²) in [7, 11) is 0. The number of rotatable bonds is 12. The first kappa shape index (κ1) is 21.8. The summed E-state index contributed by atoms with van der Waals surface area (Å²) in [6, 6.07) is 11.4. The van der Waals surface area contributed by atoms with Gasteiger partial charge in [-0.2, -0.15) is 0 Å². The second-order valence-corrected chi connectivity index (χ2v) is 6.99. The van der Waals surface area contributed by atoms with Gasteiger partial charge in [-0.3, -0.25) is 0 Å². The van der Waals surface area contributed by atoms with Crippen LogP contribution in [0.3, 0.4) is 0 Å². The van der Waals surface area contributed by atoms with Crippen LogP contribution in [0.5, 0.6) is 11.5 Å². The van der Waals surface area contributed by atoms with Crippen molar-refractivity contribution >= 4 is 23.2 Å². The Kier molecular flexibility index (Phi) is 9.78. The monoisotopic (exact) mass is 411 g/mol. The van der Waals surface area contributed by atoms with E-state index in [0.717, 1.165) is 36.9 Å². The Morgan fingerprint density at radius 1 is 1.00 bits per heavy atom. The molecule has 27 heavy (non-hydrogen) atoms. The Labute approximate surface area is 171 Å². The van der Waals surface area contributed by atoms with Gasteiger partial charge in [0.1, 0.15) is 6.61 Å². The topological polar surface area (TPSA) is 50.7 Å². The Hall–Kier alpha value is -1.46. The minimum absolute atomic E-state index is 0.253. The van der Waals surface area contributed by atoms with Crippen molar-refractivity contribution < 1.29 is 14.6 Å². The van der Waals surface area contributed by atoms with E-state index in [9.17, 15) is 0 Å². The van der Waals surface area contributed by atoms with E-state index >= 15 is 0 Å². The third-order valence-corrected chi connectivity index (χ3v) is 4.69. The molecule has 0 atom stereocenters. The van der Waals surface area contributed by atoms with Crippen molar-refractivity contribution in [3.8, 4) is 11.5 Å². The van der Waals surface area contributed by atoms with Gasteiger partial charge in [-0.15, -0.1) is 0 Å². The van der Waals surface area contributed by atoms with E-state index < -0.39 is 0 Å². The van der Waals surface area contributed by atoms with Crippen LogP contribution in [0, 0.1) is 0 Å². The van der Waals surface area contributed by atoms with Gasteiger partial charge in [0, 0.05) is 23.7 Å². The summed E-state index contributed by atoms with van der Waals surface area (Å²) < 4.78 is 11.7. The Morgan fingerprint density at radius 2 is 1.81 bits per heavy atom. The van der Waals surface area contributed by atoms with E-state index in [-0.39, 0.29) is 6.61 Å². The molecule has 148 valence electrons. The van der Waals surface area contributed by atoms with Gasteiger partial charge in [0.15, 0.2) is 11.5 Å². The molecule has 0 saturated heterocycles. The van der Waals surface area contributed by atoms with Gasteiger partial charge in [0.05, 0.1) is 11.6 Å². The summed E-state index contributed by atoms with van der Waals surface area (Å²) >= 11 is 12.7. The molecule has 6 heteroatoms. The molecule has 2 aromatic carbocycles. The number of hydrogen-bond acceptors (Lipinski definition) is 4. The molecule has 0 bridgehead atoms. The van der Waals surface area contributed by atoms with Crippen LogP contribution in [0.4, 0.5) is 0 Å². The lowest BCUT2D eigenvalue weighted by Crippen LogP contribution is -2.15. The summed E-state index contributed by atoms with van der Waals surface area (Å²) in [6.07, 6.45) is 2.90. The lowest BCUT2D eigenvalue weighted by Gasteiger charge is -2.16. The number of halogens is 2. The number of benzene rings is 2. The van der Waals surface area contributed by atoms with Crippen LogP contribution in [-0.2, 0) is 13.2 Å². The maximum Gasteiger partial charge on any atom is 0.180 e. The first-order valence-corrected chi connectivity index (χ1v) is 10.0. The van der Waals surface area contributed by atoms with Gasteiger partial charge >= 0.3 is 0 Å². The van der Waals surface area contributed by atoms with Gasteiger partial charge in [0.2, 0.25) is 0 Å². The molecule has 0 aliphatic carbocycles. The Morgan fingerprint density at radius 3 is 2.56 bits per heavy atom. The van der Waals surface area contributed by atoms with Crippen LogP contribution in [0.2, 0.25) is 10.0 Å². The molecule has 0 unspecified atom stereocenters. The second kappa shape index (κ2) is 12.1. The molecule has 0 saturated carbocycles. The van der Waals surface area contributed by atoms with Crippen LogP contribution in [0.15, 0.2) is 36.4 Å². The lowest BCUT2D eigenvalue weighted by atomic mass is 10.2. The average Bonchev–Trinajstić information content (AvgIpc) is 2.65. The summed E-state index contributed by atoms with van der Waals surface area (Å²) in [5, 5.41) is 13.4. The molecule has 0 heterocycles. The van der Waals surface area contributed by atoms with Gasteiger partial charge in [-0.25, -0.2) is 0 Å². The van der Waals surface area contributed by atoms with E-state index in [1.807, 2.05) is 43.3 Å². The molecular weight excluding hydrogens is 385 g/mol. The molecule has 0 radical (unpaired) electrons. The van der Waals surface area contributed by atoms with E-state index in [4.69, 9.17) is 37.8 Å². The Bertz CT molecular complexity index is 710. The zero-order valence-electron chi connectivity index (χ0n) is 15.6. The number of aliphatic hydroxyl groups is 1. The lowest BCUT2D eigenvalue weighted by molar-refractivity contribution is 0.269. The summed E-state index contributed by atoms with van der Waals surface area (Å²) in [4.78, 5) is 0. The average molecular weight is 412 g/mol. The molecule has 0 aliphatic heterocycles. The number of ether oxygens (including phenoxy) is 2. The highest BCUT2D eigenvalue weighted by atomic mass is 35.5. The molecule has 0 aromatic heterocycles. The van der Waals surface area contributed by atoms with Crippen molar-refractivity contribution in [1.29, 1.82) is 0 Å². The molecular formula is C21H27Cl2NO3. The highest BCUT2D eigenvalue weighted by molar-refractivity contribution is 6.32. The van der Waals surface area contributed by atoms with Crippen molar-refractivity contribution in [1.82, 2.24) is 5.32 Å². The molecule has 2 rings (SSSR count). The minimum atomic E-state index is 0.253. The van der Waals surface area contributed by atoms with Crippen molar-refractivity contribution in [3.05, 3.63) is 57.6 Å². The first-order chi connectivity index (χ1) is 13.2. The fraction of sp³-hybridized carbons (Fsp3) is 0.429. The van der Waals surface area contributed by atoms with Crippen LogP contribution in [-0.4, -0.2) is 24.9 Å². The zero-order chi connectivity index (χ0) is 19.5. The van der Waals surface area contributed by atoms with Gasteiger partial charge in [-0.05, 0) is 56.5 Å². The fourth-order valence-electron chi connectivity index (χ4n) is 2.66. The van der Waals surface area contributed by atoms with Gasteiger partial charge < -0.3 is 19.9 Å². The van der Waals surface area contributed by atoms with Crippen molar-refractivity contribution in [2.75, 3.05) is 19.8 Å².